The van der Waals surface area contributed by atoms with Crippen molar-refractivity contribution in [3.8, 4) is 6.07 Å². The molecule has 0 unspecified atom stereocenters. The molecule has 0 aliphatic rings. The average Bonchev–Trinajstić information content (AvgIpc) is 2.04. The van der Waals surface area contributed by atoms with Gasteiger partial charge in [-0.2, -0.15) is 5.26 Å². The van der Waals surface area contributed by atoms with Crippen molar-refractivity contribution < 1.29 is 0 Å². The largest absolute Gasteiger partial charge is 0.240 e. The molecule has 0 N–H and O–H groups in total. The van der Waals surface area contributed by atoms with Crippen LogP contribution in [0.4, 0.5) is 5.69 Å². The van der Waals surface area contributed by atoms with Crippen molar-refractivity contribution in [1.82, 2.24) is 4.98 Å². The molecule has 1 heterocycles. The zero-order chi connectivity index (χ0) is 9.84. The molecule has 0 aliphatic carbocycles. The third-order valence-electron chi connectivity index (χ3n) is 1.35. The van der Waals surface area contributed by atoms with Crippen molar-refractivity contribution in [2.24, 2.45) is 5.11 Å². The predicted molar refractivity (Wildman–Crippen MR) is 47.5 cm³/mol. The van der Waals surface area contributed by atoms with Gasteiger partial charge in [0.25, 0.3) is 0 Å². The SMILES string of the molecule is Cc1cc(N=[N+]=[N-])c(C#N)c(Cl)n1. The van der Waals surface area contributed by atoms with Crippen LogP contribution in [0.25, 0.3) is 10.4 Å². The Labute approximate surface area is 79.2 Å². The maximum atomic E-state index is 8.66. The minimum Gasteiger partial charge on any atom is -0.240 e. The highest BCUT2D eigenvalue weighted by Gasteiger charge is 2.07. The summed E-state index contributed by atoms with van der Waals surface area (Å²) in [6.45, 7) is 1.70. The van der Waals surface area contributed by atoms with Gasteiger partial charge >= 0.3 is 0 Å². The molecule has 1 aromatic heterocycles. The second-order valence-electron chi connectivity index (χ2n) is 2.25. The lowest BCUT2D eigenvalue weighted by molar-refractivity contribution is 1.18. The van der Waals surface area contributed by atoms with Crippen LogP contribution >= 0.6 is 11.6 Å². The van der Waals surface area contributed by atoms with E-state index in [0.717, 1.165) is 0 Å². The molecule has 0 spiro atoms. The Morgan fingerprint density at radius 3 is 3.00 bits per heavy atom. The van der Waals surface area contributed by atoms with Crippen molar-refractivity contribution in [3.63, 3.8) is 0 Å². The van der Waals surface area contributed by atoms with Gasteiger partial charge in [0.2, 0.25) is 0 Å². The Hall–Kier alpha value is -1.76. The van der Waals surface area contributed by atoms with Crippen LogP contribution in [0.15, 0.2) is 11.2 Å². The number of rotatable bonds is 1. The highest BCUT2D eigenvalue weighted by Crippen LogP contribution is 2.25. The zero-order valence-electron chi connectivity index (χ0n) is 6.69. The molecule has 0 atom stereocenters. The maximum absolute atomic E-state index is 8.66. The molecule has 0 saturated heterocycles. The lowest BCUT2D eigenvalue weighted by atomic mass is 10.2. The van der Waals surface area contributed by atoms with Crippen LogP contribution in [0.2, 0.25) is 5.15 Å². The van der Waals surface area contributed by atoms with Crippen LogP contribution in [0, 0.1) is 18.3 Å². The number of azide groups is 1. The van der Waals surface area contributed by atoms with Crippen LogP contribution in [0.1, 0.15) is 11.3 Å². The molecular formula is C7H4ClN5. The van der Waals surface area contributed by atoms with Crippen LogP contribution in [-0.2, 0) is 0 Å². The Balaban J connectivity index is 3.49. The minimum atomic E-state index is 0.0601. The van der Waals surface area contributed by atoms with Gasteiger partial charge in [0.15, 0.2) is 0 Å². The molecule has 13 heavy (non-hydrogen) atoms. The van der Waals surface area contributed by atoms with Crippen molar-refractivity contribution >= 4 is 17.3 Å². The van der Waals surface area contributed by atoms with Gasteiger partial charge in [-0.25, -0.2) is 4.98 Å². The number of aryl methyl sites for hydroxylation is 1. The summed E-state index contributed by atoms with van der Waals surface area (Å²) in [4.78, 5) is 6.43. The first-order chi connectivity index (χ1) is 6.19. The summed E-state index contributed by atoms with van der Waals surface area (Å²) in [6, 6.07) is 3.32. The van der Waals surface area contributed by atoms with Crippen LogP contribution in [0.3, 0.4) is 0 Å². The fraction of sp³-hybridized carbons (Fsp3) is 0.143. The van der Waals surface area contributed by atoms with Crippen LogP contribution < -0.4 is 0 Å². The summed E-state index contributed by atoms with van der Waals surface area (Å²) < 4.78 is 0. The highest BCUT2D eigenvalue weighted by atomic mass is 35.5. The van der Waals surface area contributed by atoms with E-state index in [-0.39, 0.29) is 16.4 Å². The first-order valence-corrected chi connectivity index (χ1v) is 3.69. The Kier molecular flexibility index (Phi) is 2.70. The third-order valence-corrected chi connectivity index (χ3v) is 1.62. The van der Waals surface area contributed by atoms with Gasteiger partial charge in [-0.3, -0.25) is 0 Å². The summed E-state index contributed by atoms with van der Waals surface area (Å²) in [7, 11) is 0. The number of halogens is 1. The Morgan fingerprint density at radius 1 is 1.77 bits per heavy atom. The first kappa shape index (κ1) is 9.33. The number of hydrogen-bond donors (Lipinski definition) is 0. The fourth-order valence-corrected chi connectivity index (χ4v) is 1.12. The summed E-state index contributed by atoms with van der Waals surface area (Å²) in [5.41, 5.74) is 9.12. The summed E-state index contributed by atoms with van der Waals surface area (Å²) in [6.07, 6.45) is 0. The van der Waals surface area contributed by atoms with E-state index in [1.165, 1.54) is 6.07 Å². The molecule has 0 amide bonds. The molecule has 6 heteroatoms. The average molecular weight is 194 g/mol. The van der Waals surface area contributed by atoms with Gasteiger partial charge in [0, 0.05) is 10.6 Å². The first-order valence-electron chi connectivity index (χ1n) is 3.31. The second kappa shape index (κ2) is 3.76. The quantitative estimate of drug-likeness (QED) is 0.297. The van der Waals surface area contributed by atoms with Crippen molar-refractivity contribution in [1.29, 1.82) is 5.26 Å². The standard InChI is InChI=1S/C7H4ClN5/c1-4-2-6(12-13-10)5(3-9)7(8)11-4/h2H,1H3. The van der Waals surface area contributed by atoms with Crippen molar-refractivity contribution in [3.05, 3.63) is 32.9 Å². The lowest BCUT2D eigenvalue weighted by Gasteiger charge is -1.99. The van der Waals surface area contributed by atoms with E-state index in [0.29, 0.717) is 5.69 Å². The van der Waals surface area contributed by atoms with E-state index in [2.05, 4.69) is 15.0 Å². The smallest absolute Gasteiger partial charge is 0.147 e. The molecule has 0 fully saturated rings. The molecule has 0 bridgehead atoms. The topological polar surface area (TPSA) is 85.4 Å². The lowest BCUT2D eigenvalue weighted by Crippen LogP contribution is -1.86. The number of hydrogen-bond acceptors (Lipinski definition) is 3. The monoisotopic (exact) mass is 193 g/mol. The van der Waals surface area contributed by atoms with E-state index in [1.54, 1.807) is 6.92 Å². The zero-order valence-corrected chi connectivity index (χ0v) is 7.45. The predicted octanol–water partition coefficient (Wildman–Crippen LogP) is 2.86. The summed E-state index contributed by atoms with van der Waals surface area (Å²) in [5.74, 6) is 0. The van der Waals surface area contributed by atoms with Gasteiger partial charge in [0.1, 0.15) is 11.2 Å². The molecule has 5 nitrogen and oxygen atoms in total. The number of pyridine rings is 1. The molecule has 0 aliphatic heterocycles. The van der Waals surface area contributed by atoms with Crippen molar-refractivity contribution in [2.45, 2.75) is 6.92 Å². The maximum Gasteiger partial charge on any atom is 0.147 e. The molecular weight excluding hydrogens is 190 g/mol. The minimum absolute atomic E-state index is 0.0601. The van der Waals surface area contributed by atoms with E-state index in [1.807, 2.05) is 6.07 Å². The molecule has 64 valence electrons. The van der Waals surface area contributed by atoms with Gasteiger partial charge in [-0.05, 0) is 18.5 Å². The summed E-state index contributed by atoms with van der Waals surface area (Å²) >= 11 is 5.65. The normalized spacial score (nSPS) is 8.69. The fourth-order valence-electron chi connectivity index (χ4n) is 0.849. The molecule has 0 saturated carbocycles. The Bertz CT molecular complexity index is 427. The third kappa shape index (κ3) is 1.88. The molecule has 1 aromatic rings. The van der Waals surface area contributed by atoms with Gasteiger partial charge in [-0.15, -0.1) is 0 Å². The van der Waals surface area contributed by atoms with Crippen molar-refractivity contribution in [2.75, 3.05) is 0 Å². The number of aromatic nitrogens is 1. The Morgan fingerprint density at radius 2 is 2.46 bits per heavy atom. The number of nitrogens with zero attached hydrogens (tertiary/aromatic N) is 5. The van der Waals surface area contributed by atoms with E-state index in [9.17, 15) is 0 Å². The molecule has 0 aromatic carbocycles. The van der Waals surface area contributed by atoms with E-state index in [4.69, 9.17) is 22.4 Å². The van der Waals surface area contributed by atoms with Gasteiger partial charge in [-0.1, -0.05) is 16.7 Å². The van der Waals surface area contributed by atoms with Gasteiger partial charge < -0.3 is 0 Å². The molecule has 1 rings (SSSR count). The number of nitriles is 1. The van der Waals surface area contributed by atoms with Gasteiger partial charge in [0.05, 0.1) is 11.3 Å². The second-order valence-corrected chi connectivity index (χ2v) is 2.61. The van der Waals surface area contributed by atoms with Crippen LogP contribution in [0.5, 0.6) is 0 Å². The van der Waals surface area contributed by atoms with E-state index >= 15 is 0 Å². The molecule has 0 radical (unpaired) electrons. The van der Waals surface area contributed by atoms with E-state index < -0.39 is 0 Å². The summed E-state index contributed by atoms with van der Waals surface area (Å²) in [5, 5.41) is 12.1. The van der Waals surface area contributed by atoms with Crippen LogP contribution in [-0.4, -0.2) is 4.98 Å². The highest BCUT2D eigenvalue weighted by molar-refractivity contribution is 6.30.